The van der Waals surface area contributed by atoms with Crippen molar-refractivity contribution in [1.82, 2.24) is 4.90 Å². The summed E-state index contributed by atoms with van der Waals surface area (Å²) in [5.74, 6) is -14.4. The summed E-state index contributed by atoms with van der Waals surface area (Å²) in [6.07, 6.45) is -13.2. The summed E-state index contributed by atoms with van der Waals surface area (Å²) in [4.78, 5) is 192. The predicted octanol–water partition coefficient (Wildman–Crippen LogP) is 21.8. The number of Topliss-reactive ketones (excluding diaryl/α,β-unsaturated/α-hetero) is 2. The lowest BCUT2D eigenvalue weighted by atomic mass is 9.82. The van der Waals surface area contributed by atoms with Gasteiger partial charge in [-0.1, -0.05) is 116 Å². The van der Waals surface area contributed by atoms with Gasteiger partial charge >= 0.3 is 54.5 Å². The van der Waals surface area contributed by atoms with Gasteiger partial charge in [0.2, 0.25) is 0 Å². The minimum absolute atomic E-state index is 0.0154. The van der Waals surface area contributed by atoms with Crippen molar-refractivity contribution in [3.05, 3.63) is 399 Å². The number of nitrogens with zero attached hydrogens (tertiary/aromatic N) is 2. The van der Waals surface area contributed by atoms with Crippen LogP contribution in [0.25, 0.3) is 0 Å². The first-order valence-electron chi connectivity index (χ1n) is 44.2. The number of rotatable bonds is 19. The first-order chi connectivity index (χ1) is 66.9. The average Bonchev–Trinajstić information content (AvgIpc) is 1.48. The molecule has 0 spiro atoms. The molecule has 4 amide bonds. The van der Waals surface area contributed by atoms with Crippen molar-refractivity contribution < 1.29 is 131 Å². The van der Waals surface area contributed by atoms with Crippen LogP contribution in [0.2, 0.25) is 0 Å². The van der Waals surface area contributed by atoms with Crippen molar-refractivity contribution in [3.8, 4) is 0 Å². The number of carbonyl (C=O) groups excluding carboxylic acids is 15. The molecule has 23 nitrogen and oxygen atoms in total. The van der Waals surface area contributed by atoms with Crippen molar-refractivity contribution in [2.24, 2.45) is 0 Å². The first-order valence-corrected chi connectivity index (χ1v) is 44.2. The summed E-state index contributed by atoms with van der Waals surface area (Å²) in [5, 5.41) is 9.55. The van der Waals surface area contributed by atoms with Crippen molar-refractivity contribution in [1.29, 1.82) is 0 Å². The molecular formula is C111H91F9N4O19. The number of aromatic carboxylic acids is 1. The SMILES string of the molecule is CCC(=O)c1ccc(C(=O)c2ccc(C(=O)Cc3cc(C)c(C(c4cc(C)c(C)cc4C)C(F)(F)F)cc3C)cc2)cc1C(=O)O.Cc1cc(C(c2cc(C)c(N)cc2C)C(F)(F)F)c(C)cc1N.Cc1cc(C)c(C(c2cc(C)c(N3C(=O)c4ccc(C(=O)c5ccc6c(c5)C(=O)N(C)C6=O)cc4C3=O)cc2C)C(F)(F)F)cc1C.O=C(c1ccc2c(c1)C(=O)OC2=O)c1ccc2c(c1)C(=O)OC2=O.O=C=O. The van der Waals surface area contributed by atoms with Gasteiger partial charge in [-0.2, -0.15) is 49.1 Å². The summed E-state index contributed by atoms with van der Waals surface area (Å²) in [7, 11) is 1.35. The topological polar surface area (TPSA) is 370 Å². The Kier molecular flexibility index (Phi) is 30.2. The Balaban J connectivity index is 0.000000176. The second-order valence-electron chi connectivity index (χ2n) is 35.4. The highest BCUT2D eigenvalue weighted by atomic mass is 19.4. The molecule has 732 valence electrons. The largest absolute Gasteiger partial charge is 0.478 e. The van der Waals surface area contributed by atoms with E-state index in [1.807, 2.05) is 13.8 Å². The fourth-order valence-electron chi connectivity index (χ4n) is 17.7. The van der Waals surface area contributed by atoms with Crippen LogP contribution in [0.4, 0.5) is 56.6 Å². The Morgan fingerprint density at radius 3 is 1.02 bits per heavy atom. The van der Waals surface area contributed by atoms with Gasteiger partial charge in [-0.3, -0.25) is 48.1 Å². The number of cyclic esters (lactones) is 4. The summed E-state index contributed by atoms with van der Waals surface area (Å²) in [5.41, 5.74) is 24.1. The molecule has 0 aliphatic carbocycles. The molecule has 0 saturated carbocycles. The number of esters is 4. The molecule has 2 atom stereocenters. The van der Waals surface area contributed by atoms with Gasteiger partial charge in [-0.25, -0.2) is 28.9 Å². The number of alkyl halides is 9. The van der Waals surface area contributed by atoms with E-state index >= 15 is 0 Å². The monoisotopic (exact) mass is 1950 g/mol. The number of nitrogen functional groups attached to an aromatic ring is 2. The number of carboxylic acid groups (broad SMARTS) is 1. The van der Waals surface area contributed by atoms with Crippen LogP contribution in [0.3, 0.4) is 0 Å². The number of imide groups is 2. The zero-order valence-corrected chi connectivity index (χ0v) is 79.8. The molecule has 0 bridgehead atoms. The summed E-state index contributed by atoms with van der Waals surface area (Å²) < 4.78 is 138. The van der Waals surface area contributed by atoms with Crippen molar-refractivity contribution in [2.45, 2.75) is 153 Å². The normalized spacial score (nSPS) is 13.3. The predicted molar refractivity (Wildman–Crippen MR) is 508 cm³/mol. The number of benzene rings is 12. The van der Waals surface area contributed by atoms with Gasteiger partial charge in [0, 0.05) is 75.8 Å². The number of nitrogens with two attached hydrogens (primary N) is 2. The number of hydrogen-bond donors (Lipinski definition) is 3. The van der Waals surface area contributed by atoms with Crippen LogP contribution in [0, 0.1) is 96.9 Å². The van der Waals surface area contributed by atoms with E-state index in [9.17, 15) is 112 Å². The van der Waals surface area contributed by atoms with Crippen molar-refractivity contribution >= 4 is 106 Å². The summed E-state index contributed by atoms with van der Waals surface area (Å²) in [6, 6.07) is 44.9. The van der Waals surface area contributed by atoms with Crippen LogP contribution in [0.5, 0.6) is 0 Å². The van der Waals surface area contributed by atoms with Gasteiger partial charge in [-0.15, -0.1) is 0 Å². The Morgan fingerprint density at radius 2 is 0.615 bits per heavy atom. The smallest absolute Gasteiger partial charge is 0.399 e. The fourth-order valence-corrected chi connectivity index (χ4v) is 17.7. The number of ether oxygens (including phenoxy) is 2. The van der Waals surface area contributed by atoms with E-state index in [4.69, 9.17) is 21.1 Å². The molecule has 4 aliphatic heterocycles. The van der Waals surface area contributed by atoms with E-state index in [0.29, 0.717) is 72.6 Å². The van der Waals surface area contributed by atoms with Crippen LogP contribution in [0.1, 0.15) is 310 Å². The van der Waals surface area contributed by atoms with Crippen LogP contribution >= 0.6 is 0 Å². The highest BCUT2D eigenvalue weighted by molar-refractivity contribution is 6.35. The number of halogens is 9. The minimum atomic E-state index is -4.61. The second kappa shape index (κ2) is 41.0. The third kappa shape index (κ3) is 21.4. The van der Waals surface area contributed by atoms with Crippen LogP contribution < -0.4 is 16.4 Å². The third-order valence-corrected chi connectivity index (χ3v) is 25.7. The number of ketones is 5. The molecule has 32 heteroatoms. The molecule has 4 aliphatic rings. The van der Waals surface area contributed by atoms with Gasteiger partial charge < -0.3 is 26.0 Å². The zero-order chi connectivity index (χ0) is 106. The Morgan fingerprint density at radius 1 is 0.322 bits per heavy atom. The standard InChI is InChI=1S/C38H35F3O5.C37H29F3N2O5.C18H21F3N2.C17H6O7.CO2/c1-7-33(42)29-13-12-27(18-32(29)37(45)46)36(44)26-10-8-25(9-11-26)34(43)19-28-15-24(6)31(17-22(28)4)35(38(39,40)41)30-16-21(3)20(2)14-23(30)5;1-17-11-19(3)26(12-18(17)2)31(37(38,39)40)27-13-21(5)30(14-20(27)4)42-35(46)25-10-8-23(16-29(25)36(42)47)32(43)22-7-9-24-28(15-22)34(45)41(6)33(24)44;1-9-7-15(22)11(3)5-13(9)17(18(19,20)21)14-6-12(4)16(23)8-10(14)2;18-13(7-1-3-9-11(5-7)16(21)23-14(9)19)8-2-4-10-12(6-8)17(22)24-15(10)20;2-1-3/h8-18,35H,7,19H2,1-6H3,(H,45,46);7-16,31H,1-6H3;5-8,17H,22-23H2,1-4H3;1-6H;. The number of anilines is 3. The van der Waals surface area contributed by atoms with Gasteiger partial charge in [0.15, 0.2) is 28.9 Å². The Labute approximate surface area is 813 Å². The van der Waals surface area contributed by atoms with Gasteiger partial charge in [0.1, 0.15) is 17.8 Å². The molecule has 12 aromatic carbocycles. The molecule has 0 fully saturated rings. The van der Waals surface area contributed by atoms with E-state index in [1.165, 1.54) is 160 Å². The van der Waals surface area contributed by atoms with Gasteiger partial charge in [-0.05, 0) is 293 Å². The Hall–Kier alpha value is -16.6. The average molecular weight is 1960 g/mol. The van der Waals surface area contributed by atoms with Crippen molar-refractivity contribution in [3.63, 3.8) is 0 Å². The van der Waals surface area contributed by atoms with E-state index in [1.54, 1.807) is 126 Å². The van der Waals surface area contributed by atoms with E-state index in [0.717, 1.165) is 32.1 Å². The maximum Gasteiger partial charge on any atom is 0.399 e. The van der Waals surface area contributed by atoms with E-state index < -0.39 is 107 Å². The first kappa shape index (κ1) is 105. The number of carbonyl (C=O) groups is 14. The lowest BCUT2D eigenvalue weighted by Crippen LogP contribution is -2.30. The summed E-state index contributed by atoms with van der Waals surface area (Å²) >= 11 is 0. The van der Waals surface area contributed by atoms with Gasteiger partial charge in [0.25, 0.3) is 23.6 Å². The molecule has 143 heavy (non-hydrogen) atoms. The highest BCUT2D eigenvalue weighted by Crippen LogP contribution is 2.49. The molecular weight excluding hydrogens is 1860 g/mol. The molecule has 12 aromatic rings. The van der Waals surface area contributed by atoms with Crippen LogP contribution in [0.15, 0.2) is 188 Å². The van der Waals surface area contributed by atoms with Gasteiger partial charge in [0.05, 0.1) is 55.8 Å². The lowest BCUT2D eigenvalue weighted by Gasteiger charge is -2.27. The maximum absolute atomic E-state index is 14.7. The number of hydrogen-bond acceptors (Lipinski definition) is 20. The highest BCUT2D eigenvalue weighted by Gasteiger charge is 2.48. The molecule has 4 heterocycles. The fraction of sp³-hybridized carbons (Fsp3) is 0.216. The molecule has 0 radical (unpaired) electrons. The van der Waals surface area contributed by atoms with Crippen LogP contribution in [-0.4, -0.2) is 124 Å². The quantitative estimate of drug-likeness (QED) is 0.0169. The molecule has 2 unspecified atom stereocenters. The van der Waals surface area contributed by atoms with Crippen molar-refractivity contribution in [2.75, 3.05) is 23.4 Å². The number of fused-ring (bicyclic) bond motifs is 4. The van der Waals surface area contributed by atoms with Crippen LogP contribution in [-0.2, 0) is 25.5 Å². The molecule has 5 N–H and O–H groups in total. The van der Waals surface area contributed by atoms with E-state index in [2.05, 4.69) is 9.47 Å². The second-order valence-corrected chi connectivity index (χ2v) is 35.4. The number of carboxylic acids is 1. The minimum Gasteiger partial charge on any atom is -0.478 e. The number of amides is 4. The Bertz CT molecular complexity index is 7390. The summed E-state index contributed by atoms with van der Waals surface area (Å²) in [6.45, 7) is 25.4. The maximum atomic E-state index is 14.7. The zero-order valence-electron chi connectivity index (χ0n) is 79.8. The third-order valence-electron chi connectivity index (χ3n) is 25.7. The lowest BCUT2D eigenvalue weighted by molar-refractivity contribution is -0.192. The molecule has 16 rings (SSSR count). The van der Waals surface area contributed by atoms with E-state index in [-0.39, 0.29) is 164 Å². The number of aryl methyl sites for hydroxylation is 14. The molecule has 0 aromatic heterocycles. The molecule has 0 saturated heterocycles.